The lowest BCUT2D eigenvalue weighted by Crippen LogP contribution is -2.43. The molecule has 0 bridgehead atoms. The van der Waals surface area contributed by atoms with Crippen molar-refractivity contribution in [2.75, 3.05) is 20.1 Å². The molecule has 0 spiro atoms. The van der Waals surface area contributed by atoms with Crippen LogP contribution in [0.1, 0.15) is 30.6 Å². The zero-order valence-electron chi connectivity index (χ0n) is 12.3. The lowest BCUT2D eigenvalue weighted by atomic mass is 9.89. The standard InChI is InChI=1S/C16H22N2O2/c1-12(14(19)13-7-5-4-6-8-13)18-10-9-16(2,11-18)15(20)17-3/h4-8,12H,9-11H2,1-3H3,(H,17,20). The molecule has 0 aliphatic carbocycles. The minimum Gasteiger partial charge on any atom is -0.359 e. The zero-order chi connectivity index (χ0) is 14.8. The molecule has 0 radical (unpaired) electrons. The first-order chi connectivity index (χ1) is 9.48. The third-order valence-corrected chi connectivity index (χ3v) is 4.26. The molecule has 4 heteroatoms. The van der Waals surface area contributed by atoms with Crippen LogP contribution >= 0.6 is 0 Å². The summed E-state index contributed by atoms with van der Waals surface area (Å²) in [7, 11) is 1.66. The third kappa shape index (κ3) is 2.75. The van der Waals surface area contributed by atoms with Gasteiger partial charge in [-0.25, -0.2) is 0 Å². The highest BCUT2D eigenvalue weighted by atomic mass is 16.2. The minimum absolute atomic E-state index is 0.0550. The van der Waals surface area contributed by atoms with Crippen molar-refractivity contribution in [2.24, 2.45) is 5.41 Å². The van der Waals surface area contributed by atoms with Crippen LogP contribution in [0.15, 0.2) is 30.3 Å². The van der Waals surface area contributed by atoms with Gasteiger partial charge >= 0.3 is 0 Å². The van der Waals surface area contributed by atoms with Gasteiger partial charge in [0.2, 0.25) is 5.91 Å². The summed E-state index contributed by atoms with van der Waals surface area (Å²) in [5.74, 6) is 0.172. The molecular weight excluding hydrogens is 252 g/mol. The van der Waals surface area contributed by atoms with E-state index in [0.29, 0.717) is 6.54 Å². The number of rotatable bonds is 4. The molecule has 2 unspecified atom stereocenters. The Morgan fingerprint density at radius 3 is 2.55 bits per heavy atom. The van der Waals surface area contributed by atoms with E-state index in [1.807, 2.05) is 44.2 Å². The topological polar surface area (TPSA) is 49.4 Å². The molecule has 4 nitrogen and oxygen atoms in total. The first-order valence-corrected chi connectivity index (χ1v) is 7.03. The molecule has 2 atom stereocenters. The fourth-order valence-electron chi connectivity index (χ4n) is 2.82. The van der Waals surface area contributed by atoms with Crippen LogP contribution in [-0.4, -0.2) is 42.8 Å². The van der Waals surface area contributed by atoms with E-state index in [-0.39, 0.29) is 23.1 Å². The lowest BCUT2D eigenvalue weighted by Gasteiger charge is -2.26. The highest BCUT2D eigenvalue weighted by Gasteiger charge is 2.42. The van der Waals surface area contributed by atoms with Crippen molar-refractivity contribution in [2.45, 2.75) is 26.3 Å². The van der Waals surface area contributed by atoms with Gasteiger partial charge in [-0.15, -0.1) is 0 Å². The summed E-state index contributed by atoms with van der Waals surface area (Å²) in [5, 5.41) is 2.72. The van der Waals surface area contributed by atoms with Gasteiger partial charge in [0.25, 0.3) is 0 Å². The number of hydrogen-bond donors (Lipinski definition) is 1. The van der Waals surface area contributed by atoms with Crippen LogP contribution in [0.25, 0.3) is 0 Å². The van der Waals surface area contributed by atoms with Crippen molar-refractivity contribution in [3.63, 3.8) is 0 Å². The second-order valence-electron chi connectivity index (χ2n) is 5.77. The molecule has 1 fully saturated rings. The Labute approximate surface area is 120 Å². The number of benzene rings is 1. The van der Waals surface area contributed by atoms with Crippen LogP contribution in [-0.2, 0) is 4.79 Å². The Kier molecular flexibility index (Phi) is 4.23. The average Bonchev–Trinajstić information content (AvgIpc) is 2.89. The number of carbonyl (C=O) groups excluding carboxylic acids is 2. The summed E-state index contributed by atoms with van der Waals surface area (Å²) in [6.45, 7) is 5.30. The van der Waals surface area contributed by atoms with Gasteiger partial charge in [0, 0.05) is 19.2 Å². The molecule has 1 aliphatic heterocycles. The molecule has 1 aromatic carbocycles. The summed E-state index contributed by atoms with van der Waals surface area (Å²) in [6, 6.07) is 9.14. The van der Waals surface area contributed by atoms with Gasteiger partial charge in [-0.05, 0) is 26.8 Å². The van der Waals surface area contributed by atoms with Crippen molar-refractivity contribution in [1.82, 2.24) is 10.2 Å². The van der Waals surface area contributed by atoms with Crippen LogP contribution in [0.5, 0.6) is 0 Å². The largest absolute Gasteiger partial charge is 0.359 e. The number of amides is 1. The molecule has 1 aliphatic rings. The molecule has 1 saturated heterocycles. The molecule has 1 amide bonds. The van der Waals surface area contributed by atoms with Gasteiger partial charge in [-0.1, -0.05) is 30.3 Å². The maximum Gasteiger partial charge on any atom is 0.227 e. The van der Waals surface area contributed by atoms with Gasteiger partial charge in [0.1, 0.15) is 0 Å². The molecule has 20 heavy (non-hydrogen) atoms. The van der Waals surface area contributed by atoms with Crippen LogP contribution in [0.4, 0.5) is 0 Å². The SMILES string of the molecule is CNC(=O)C1(C)CCN(C(C)C(=O)c2ccccc2)C1. The summed E-state index contributed by atoms with van der Waals surface area (Å²) >= 11 is 0. The maximum absolute atomic E-state index is 12.4. The van der Waals surface area contributed by atoms with Crippen molar-refractivity contribution < 1.29 is 9.59 Å². The second kappa shape index (κ2) is 5.75. The van der Waals surface area contributed by atoms with E-state index in [1.165, 1.54) is 0 Å². The summed E-state index contributed by atoms with van der Waals surface area (Å²) in [4.78, 5) is 26.5. The Bertz CT molecular complexity index is 500. The summed E-state index contributed by atoms with van der Waals surface area (Å²) in [5.41, 5.74) is 0.341. The minimum atomic E-state index is -0.389. The summed E-state index contributed by atoms with van der Waals surface area (Å²) < 4.78 is 0. The van der Waals surface area contributed by atoms with Crippen LogP contribution < -0.4 is 5.32 Å². The van der Waals surface area contributed by atoms with Gasteiger partial charge in [0.15, 0.2) is 5.78 Å². The molecule has 0 saturated carbocycles. The zero-order valence-corrected chi connectivity index (χ0v) is 12.3. The number of Topliss-reactive ketones (excluding diaryl/α,β-unsaturated/α-hetero) is 1. The molecule has 2 rings (SSSR count). The molecular formula is C16H22N2O2. The highest BCUT2D eigenvalue weighted by Crippen LogP contribution is 2.31. The van der Waals surface area contributed by atoms with Crippen LogP contribution in [0.2, 0.25) is 0 Å². The lowest BCUT2D eigenvalue weighted by molar-refractivity contribution is -0.129. The smallest absolute Gasteiger partial charge is 0.227 e. The quantitative estimate of drug-likeness (QED) is 0.850. The first kappa shape index (κ1) is 14.7. The van der Waals surface area contributed by atoms with Crippen molar-refractivity contribution in [3.05, 3.63) is 35.9 Å². The van der Waals surface area contributed by atoms with Crippen LogP contribution in [0.3, 0.4) is 0 Å². The Morgan fingerprint density at radius 1 is 1.30 bits per heavy atom. The van der Waals surface area contributed by atoms with Gasteiger partial charge in [0.05, 0.1) is 11.5 Å². The van der Waals surface area contributed by atoms with E-state index in [1.54, 1.807) is 7.05 Å². The number of nitrogens with zero attached hydrogens (tertiary/aromatic N) is 1. The fraction of sp³-hybridized carbons (Fsp3) is 0.500. The van der Waals surface area contributed by atoms with E-state index in [0.717, 1.165) is 18.5 Å². The first-order valence-electron chi connectivity index (χ1n) is 7.03. The van der Waals surface area contributed by atoms with E-state index in [4.69, 9.17) is 0 Å². The molecule has 1 N–H and O–H groups in total. The van der Waals surface area contributed by atoms with Crippen molar-refractivity contribution >= 4 is 11.7 Å². The predicted octanol–water partition coefficient (Wildman–Crippen LogP) is 1.72. The van der Waals surface area contributed by atoms with Gasteiger partial charge in [-0.3, -0.25) is 14.5 Å². The number of carbonyl (C=O) groups is 2. The monoisotopic (exact) mass is 274 g/mol. The number of ketones is 1. The maximum atomic E-state index is 12.4. The van der Waals surface area contributed by atoms with E-state index >= 15 is 0 Å². The number of nitrogens with one attached hydrogen (secondary N) is 1. The summed E-state index contributed by atoms with van der Waals surface area (Å²) in [6.07, 6.45) is 0.791. The molecule has 1 heterocycles. The van der Waals surface area contributed by atoms with Crippen molar-refractivity contribution in [3.8, 4) is 0 Å². The predicted molar refractivity (Wildman–Crippen MR) is 78.6 cm³/mol. The van der Waals surface area contributed by atoms with E-state index in [2.05, 4.69) is 10.2 Å². The van der Waals surface area contributed by atoms with Gasteiger partial charge < -0.3 is 5.32 Å². The number of hydrogen-bond acceptors (Lipinski definition) is 3. The second-order valence-corrected chi connectivity index (χ2v) is 5.77. The van der Waals surface area contributed by atoms with Crippen LogP contribution in [0, 0.1) is 5.41 Å². The van der Waals surface area contributed by atoms with E-state index < -0.39 is 0 Å². The van der Waals surface area contributed by atoms with E-state index in [9.17, 15) is 9.59 Å². The highest BCUT2D eigenvalue weighted by molar-refractivity contribution is 5.99. The Balaban J connectivity index is 2.07. The number of likely N-dealkylation sites (tertiary alicyclic amines) is 1. The molecule has 0 aromatic heterocycles. The fourth-order valence-corrected chi connectivity index (χ4v) is 2.82. The normalized spacial score (nSPS) is 24.4. The molecule has 108 valence electrons. The molecule has 1 aromatic rings. The Hall–Kier alpha value is -1.68. The Morgan fingerprint density at radius 2 is 1.95 bits per heavy atom. The average molecular weight is 274 g/mol. The third-order valence-electron chi connectivity index (χ3n) is 4.26. The van der Waals surface area contributed by atoms with Crippen molar-refractivity contribution in [1.29, 1.82) is 0 Å². The van der Waals surface area contributed by atoms with Gasteiger partial charge in [-0.2, -0.15) is 0 Å².